The number of halogens is 1. The van der Waals surface area contributed by atoms with Crippen LogP contribution in [0.25, 0.3) is 0 Å². The third kappa shape index (κ3) is 4.52. The van der Waals surface area contributed by atoms with Gasteiger partial charge in [-0.25, -0.2) is 4.39 Å². The Morgan fingerprint density at radius 2 is 2.05 bits per heavy atom. The van der Waals surface area contributed by atoms with Gasteiger partial charge in [-0.2, -0.15) is 0 Å². The minimum absolute atomic E-state index is 0.0357. The van der Waals surface area contributed by atoms with Gasteiger partial charge in [0, 0.05) is 12.6 Å². The third-order valence-corrected chi connectivity index (χ3v) is 3.01. The zero-order valence-corrected chi connectivity index (χ0v) is 11.6. The lowest BCUT2D eigenvalue weighted by atomic mass is 10.1. The minimum Gasteiger partial charge on any atom is -0.507 e. The number of aromatic hydroxyl groups is 1. The first kappa shape index (κ1) is 15.4. The molecule has 1 amide bonds. The quantitative estimate of drug-likeness (QED) is 0.829. The van der Waals surface area contributed by atoms with Gasteiger partial charge < -0.3 is 15.3 Å². The predicted octanol–water partition coefficient (Wildman–Crippen LogP) is 1.99. The van der Waals surface area contributed by atoms with E-state index in [0.717, 1.165) is 31.8 Å². The molecule has 0 aliphatic carbocycles. The molecule has 0 radical (unpaired) electrons. The van der Waals surface area contributed by atoms with E-state index in [0.29, 0.717) is 0 Å². The second-order valence-electron chi connectivity index (χ2n) is 4.52. The highest BCUT2D eigenvalue weighted by molar-refractivity contribution is 5.96. The number of rotatable bonds is 6. The second kappa shape index (κ2) is 7.09. The highest BCUT2D eigenvalue weighted by atomic mass is 19.1. The Morgan fingerprint density at radius 3 is 2.63 bits per heavy atom. The number of benzene rings is 1. The molecule has 0 saturated heterocycles. The Kier molecular flexibility index (Phi) is 5.76. The number of phenolic OH excluding ortho intramolecular Hbond substituents is 1. The van der Waals surface area contributed by atoms with Crippen molar-refractivity contribution < 1.29 is 14.3 Å². The van der Waals surface area contributed by atoms with Crippen LogP contribution in [0.5, 0.6) is 5.75 Å². The van der Waals surface area contributed by atoms with E-state index in [9.17, 15) is 14.3 Å². The van der Waals surface area contributed by atoms with Crippen LogP contribution in [0.15, 0.2) is 18.2 Å². The van der Waals surface area contributed by atoms with Gasteiger partial charge in [-0.15, -0.1) is 0 Å². The van der Waals surface area contributed by atoms with Crippen molar-refractivity contribution in [1.29, 1.82) is 0 Å². The number of likely N-dealkylation sites (N-methyl/N-ethyl adjacent to an activating group) is 1. The van der Waals surface area contributed by atoms with Crippen LogP contribution in [0.2, 0.25) is 0 Å². The molecule has 0 aliphatic heterocycles. The molecule has 19 heavy (non-hydrogen) atoms. The minimum atomic E-state index is -0.542. The molecule has 1 unspecified atom stereocenters. The molecular weight excluding hydrogens is 247 g/mol. The van der Waals surface area contributed by atoms with Crippen molar-refractivity contribution in [2.24, 2.45) is 0 Å². The number of hydrogen-bond acceptors (Lipinski definition) is 3. The molecule has 2 N–H and O–H groups in total. The fourth-order valence-corrected chi connectivity index (χ4v) is 1.91. The molecule has 0 fully saturated rings. The molecule has 1 atom stereocenters. The summed E-state index contributed by atoms with van der Waals surface area (Å²) in [7, 11) is 0. The molecule has 4 nitrogen and oxygen atoms in total. The monoisotopic (exact) mass is 268 g/mol. The Morgan fingerprint density at radius 1 is 1.42 bits per heavy atom. The SMILES string of the molecule is CCN(CC)CC(C)NC(=O)c1cc(F)ccc1O. The summed E-state index contributed by atoms with van der Waals surface area (Å²) >= 11 is 0. The van der Waals surface area contributed by atoms with Crippen LogP contribution in [0, 0.1) is 5.82 Å². The summed E-state index contributed by atoms with van der Waals surface area (Å²) in [6, 6.07) is 3.26. The van der Waals surface area contributed by atoms with Gasteiger partial charge in [-0.1, -0.05) is 13.8 Å². The maximum absolute atomic E-state index is 13.1. The molecule has 1 rings (SSSR count). The van der Waals surface area contributed by atoms with E-state index in [-0.39, 0.29) is 17.4 Å². The van der Waals surface area contributed by atoms with Gasteiger partial charge in [0.25, 0.3) is 5.91 Å². The lowest BCUT2D eigenvalue weighted by Gasteiger charge is -2.23. The molecule has 0 spiro atoms. The summed E-state index contributed by atoms with van der Waals surface area (Å²) < 4.78 is 13.1. The van der Waals surface area contributed by atoms with E-state index < -0.39 is 11.7 Å². The standard InChI is InChI=1S/C14H21FN2O2/c1-4-17(5-2)9-10(3)16-14(19)12-8-11(15)6-7-13(12)18/h6-8,10,18H,4-5,9H2,1-3H3,(H,16,19). The highest BCUT2D eigenvalue weighted by Crippen LogP contribution is 2.17. The third-order valence-electron chi connectivity index (χ3n) is 3.01. The lowest BCUT2D eigenvalue weighted by Crippen LogP contribution is -2.42. The van der Waals surface area contributed by atoms with Crippen LogP contribution < -0.4 is 5.32 Å². The first-order valence-electron chi connectivity index (χ1n) is 6.49. The van der Waals surface area contributed by atoms with Gasteiger partial charge in [0.2, 0.25) is 0 Å². The summed E-state index contributed by atoms with van der Waals surface area (Å²) in [5.41, 5.74) is -0.0357. The van der Waals surface area contributed by atoms with Crippen molar-refractivity contribution in [2.45, 2.75) is 26.8 Å². The van der Waals surface area contributed by atoms with E-state index >= 15 is 0 Å². The van der Waals surface area contributed by atoms with Crippen LogP contribution in [0.3, 0.4) is 0 Å². The van der Waals surface area contributed by atoms with Gasteiger partial charge in [-0.3, -0.25) is 4.79 Å². The number of nitrogens with one attached hydrogen (secondary N) is 1. The summed E-state index contributed by atoms with van der Waals surface area (Å²) in [5.74, 6) is -1.22. The van der Waals surface area contributed by atoms with Crippen molar-refractivity contribution >= 4 is 5.91 Å². The Bertz CT molecular complexity index is 433. The Balaban J connectivity index is 2.66. The maximum atomic E-state index is 13.1. The number of carbonyl (C=O) groups is 1. The molecular formula is C14H21FN2O2. The number of hydrogen-bond donors (Lipinski definition) is 2. The molecule has 1 aromatic rings. The second-order valence-corrected chi connectivity index (χ2v) is 4.52. The van der Waals surface area contributed by atoms with Crippen LogP contribution >= 0.6 is 0 Å². The molecule has 0 aromatic heterocycles. The molecule has 0 heterocycles. The van der Waals surface area contributed by atoms with Gasteiger partial charge in [0.15, 0.2) is 0 Å². The molecule has 0 bridgehead atoms. The summed E-state index contributed by atoms with van der Waals surface area (Å²) in [6.45, 7) is 8.51. The first-order valence-corrected chi connectivity index (χ1v) is 6.49. The number of carbonyl (C=O) groups excluding carboxylic acids is 1. The van der Waals surface area contributed by atoms with Gasteiger partial charge in [-0.05, 0) is 38.2 Å². The largest absolute Gasteiger partial charge is 0.507 e. The smallest absolute Gasteiger partial charge is 0.255 e. The normalized spacial score (nSPS) is 12.5. The maximum Gasteiger partial charge on any atom is 0.255 e. The van der Waals surface area contributed by atoms with Gasteiger partial charge >= 0.3 is 0 Å². The molecule has 106 valence electrons. The van der Waals surface area contributed by atoms with E-state index in [4.69, 9.17) is 0 Å². The highest BCUT2D eigenvalue weighted by Gasteiger charge is 2.15. The van der Waals surface area contributed by atoms with Crippen LogP contribution in [-0.2, 0) is 0 Å². The topological polar surface area (TPSA) is 52.6 Å². The Hall–Kier alpha value is -1.62. The number of amides is 1. The van der Waals surface area contributed by atoms with Crippen molar-refractivity contribution in [3.8, 4) is 5.75 Å². The van der Waals surface area contributed by atoms with Crippen LogP contribution in [0.1, 0.15) is 31.1 Å². The fourth-order valence-electron chi connectivity index (χ4n) is 1.91. The van der Waals surface area contributed by atoms with Crippen LogP contribution in [-0.4, -0.2) is 41.6 Å². The fraction of sp³-hybridized carbons (Fsp3) is 0.500. The Labute approximate surface area is 113 Å². The van der Waals surface area contributed by atoms with Crippen molar-refractivity contribution in [1.82, 2.24) is 10.2 Å². The predicted molar refractivity (Wildman–Crippen MR) is 72.8 cm³/mol. The van der Waals surface area contributed by atoms with Gasteiger partial charge in [0.05, 0.1) is 5.56 Å². The van der Waals surface area contributed by atoms with Crippen LogP contribution in [0.4, 0.5) is 4.39 Å². The molecule has 0 aliphatic rings. The zero-order valence-electron chi connectivity index (χ0n) is 11.6. The summed E-state index contributed by atoms with van der Waals surface area (Å²) in [6.07, 6.45) is 0. The van der Waals surface area contributed by atoms with Crippen molar-refractivity contribution in [3.63, 3.8) is 0 Å². The average Bonchev–Trinajstić information content (AvgIpc) is 2.38. The first-order chi connectivity index (χ1) is 8.97. The zero-order chi connectivity index (χ0) is 14.4. The summed E-state index contributed by atoms with van der Waals surface area (Å²) in [4.78, 5) is 14.1. The number of nitrogens with zero attached hydrogens (tertiary/aromatic N) is 1. The molecule has 1 aromatic carbocycles. The van der Waals surface area contributed by atoms with E-state index in [2.05, 4.69) is 24.1 Å². The average molecular weight is 268 g/mol. The van der Waals surface area contributed by atoms with Gasteiger partial charge in [0.1, 0.15) is 11.6 Å². The van der Waals surface area contributed by atoms with Crippen molar-refractivity contribution in [3.05, 3.63) is 29.6 Å². The molecule has 5 heteroatoms. The van der Waals surface area contributed by atoms with E-state index in [1.807, 2.05) is 6.92 Å². The van der Waals surface area contributed by atoms with E-state index in [1.165, 1.54) is 6.07 Å². The lowest BCUT2D eigenvalue weighted by molar-refractivity contribution is 0.0927. The van der Waals surface area contributed by atoms with E-state index in [1.54, 1.807) is 0 Å². The molecule has 0 saturated carbocycles. The van der Waals surface area contributed by atoms with Crippen molar-refractivity contribution in [2.75, 3.05) is 19.6 Å². The number of phenols is 1. The summed E-state index contributed by atoms with van der Waals surface area (Å²) in [5, 5.41) is 12.3.